The topological polar surface area (TPSA) is 59.3 Å². The number of hydrogen-bond acceptors (Lipinski definition) is 4. The number of hydrogen-bond donors (Lipinski definition) is 2. The zero-order chi connectivity index (χ0) is 15.2. The van der Waals surface area contributed by atoms with Crippen molar-refractivity contribution in [3.63, 3.8) is 0 Å². The molecule has 0 saturated carbocycles. The molecule has 1 aromatic carbocycles. The lowest BCUT2D eigenvalue weighted by atomic mass is 10.1. The summed E-state index contributed by atoms with van der Waals surface area (Å²) in [5, 5.41) is 13.2. The van der Waals surface area contributed by atoms with Crippen molar-refractivity contribution in [2.75, 3.05) is 13.7 Å². The molecule has 0 radical (unpaired) electrons. The first kappa shape index (κ1) is 15.4. The van der Waals surface area contributed by atoms with E-state index in [1.807, 2.05) is 25.4 Å². The van der Waals surface area contributed by atoms with Crippen molar-refractivity contribution >= 4 is 0 Å². The molecule has 5 heteroatoms. The predicted octanol–water partition coefficient (Wildman–Crippen LogP) is 2.33. The van der Waals surface area contributed by atoms with Gasteiger partial charge in [0.15, 0.2) is 11.5 Å². The van der Waals surface area contributed by atoms with E-state index in [4.69, 9.17) is 4.74 Å². The number of aromatic nitrogens is 2. The van der Waals surface area contributed by atoms with E-state index in [2.05, 4.69) is 21.8 Å². The predicted molar refractivity (Wildman–Crippen MR) is 82.5 cm³/mol. The van der Waals surface area contributed by atoms with E-state index < -0.39 is 0 Å². The average Bonchev–Trinajstić information content (AvgIpc) is 2.84. The largest absolute Gasteiger partial charge is 0.504 e. The maximum absolute atomic E-state index is 9.74. The van der Waals surface area contributed by atoms with Gasteiger partial charge >= 0.3 is 0 Å². The molecule has 21 heavy (non-hydrogen) atoms. The Morgan fingerprint density at radius 1 is 1.43 bits per heavy atom. The summed E-state index contributed by atoms with van der Waals surface area (Å²) in [4.78, 5) is 4.23. The van der Waals surface area contributed by atoms with Gasteiger partial charge in [0.25, 0.3) is 0 Å². The maximum atomic E-state index is 9.74. The van der Waals surface area contributed by atoms with Crippen LogP contribution in [-0.2, 0) is 13.1 Å². The van der Waals surface area contributed by atoms with E-state index >= 15 is 0 Å². The Morgan fingerprint density at radius 3 is 2.86 bits per heavy atom. The van der Waals surface area contributed by atoms with E-state index in [0.29, 0.717) is 11.7 Å². The van der Waals surface area contributed by atoms with Crippen LogP contribution in [0.2, 0.25) is 0 Å². The highest BCUT2D eigenvalue weighted by molar-refractivity contribution is 5.41. The van der Waals surface area contributed by atoms with E-state index in [9.17, 15) is 5.11 Å². The van der Waals surface area contributed by atoms with Crippen molar-refractivity contribution in [3.05, 3.63) is 42.0 Å². The van der Waals surface area contributed by atoms with E-state index in [0.717, 1.165) is 31.0 Å². The van der Waals surface area contributed by atoms with Gasteiger partial charge < -0.3 is 19.7 Å². The number of benzene rings is 1. The molecule has 2 aromatic rings. The van der Waals surface area contributed by atoms with E-state index in [1.54, 1.807) is 19.2 Å². The summed E-state index contributed by atoms with van der Waals surface area (Å²) in [5.41, 5.74) is 1.04. The number of nitrogens with one attached hydrogen (secondary N) is 1. The van der Waals surface area contributed by atoms with Crippen molar-refractivity contribution in [2.24, 2.45) is 5.92 Å². The SMILES string of the molecule is COc1ccc(CNCC(C)Cn2ccnc2C)cc1O. The Hall–Kier alpha value is -2.01. The van der Waals surface area contributed by atoms with Gasteiger partial charge in [-0.1, -0.05) is 13.0 Å². The third-order valence-electron chi connectivity index (χ3n) is 3.50. The molecule has 1 heterocycles. The molecule has 1 unspecified atom stereocenters. The summed E-state index contributed by atoms with van der Waals surface area (Å²) < 4.78 is 7.19. The quantitative estimate of drug-likeness (QED) is 0.821. The van der Waals surface area contributed by atoms with Crippen molar-refractivity contribution in [1.29, 1.82) is 0 Å². The molecular formula is C16H23N3O2. The minimum absolute atomic E-state index is 0.180. The maximum Gasteiger partial charge on any atom is 0.160 e. The van der Waals surface area contributed by atoms with Crippen LogP contribution in [0.1, 0.15) is 18.3 Å². The minimum atomic E-state index is 0.180. The van der Waals surface area contributed by atoms with Crippen LogP contribution < -0.4 is 10.1 Å². The lowest BCUT2D eigenvalue weighted by Gasteiger charge is -2.14. The highest BCUT2D eigenvalue weighted by atomic mass is 16.5. The van der Waals surface area contributed by atoms with Crippen LogP contribution in [0.25, 0.3) is 0 Å². The van der Waals surface area contributed by atoms with E-state index in [-0.39, 0.29) is 5.75 Å². The van der Waals surface area contributed by atoms with Crippen LogP contribution in [0.3, 0.4) is 0 Å². The number of aromatic hydroxyl groups is 1. The number of aryl methyl sites for hydroxylation is 1. The molecule has 5 nitrogen and oxygen atoms in total. The fourth-order valence-electron chi connectivity index (χ4n) is 2.31. The lowest BCUT2D eigenvalue weighted by Crippen LogP contribution is -2.24. The van der Waals surface area contributed by atoms with Crippen LogP contribution in [0.4, 0.5) is 0 Å². The summed E-state index contributed by atoms with van der Waals surface area (Å²) in [7, 11) is 1.55. The third kappa shape index (κ3) is 4.23. The zero-order valence-electron chi connectivity index (χ0n) is 12.8. The van der Waals surface area contributed by atoms with Gasteiger partial charge in [0, 0.05) is 25.5 Å². The first-order chi connectivity index (χ1) is 10.1. The Labute approximate surface area is 125 Å². The summed E-state index contributed by atoms with van der Waals surface area (Å²) in [5.74, 6) is 2.23. The van der Waals surface area contributed by atoms with Gasteiger partial charge in [-0.05, 0) is 37.1 Å². The number of phenolic OH excluding ortho intramolecular Hbond substituents is 1. The molecule has 0 amide bonds. The molecule has 0 aliphatic carbocycles. The minimum Gasteiger partial charge on any atom is -0.504 e. The summed E-state index contributed by atoms with van der Waals surface area (Å²) in [6, 6.07) is 5.47. The Balaban J connectivity index is 1.78. The van der Waals surface area contributed by atoms with Gasteiger partial charge in [-0.2, -0.15) is 0 Å². The lowest BCUT2D eigenvalue weighted by molar-refractivity contribution is 0.372. The number of nitrogens with zero attached hydrogens (tertiary/aromatic N) is 2. The second kappa shape index (κ2) is 7.13. The number of imidazole rings is 1. The first-order valence-corrected chi connectivity index (χ1v) is 7.14. The van der Waals surface area contributed by atoms with E-state index in [1.165, 1.54) is 0 Å². The molecule has 2 N–H and O–H groups in total. The van der Waals surface area contributed by atoms with Gasteiger partial charge in [-0.25, -0.2) is 4.98 Å². The Bertz CT molecular complexity index is 581. The van der Waals surface area contributed by atoms with Gasteiger partial charge in [-0.15, -0.1) is 0 Å². The van der Waals surface area contributed by atoms with Gasteiger partial charge in [0.05, 0.1) is 7.11 Å². The molecule has 114 valence electrons. The van der Waals surface area contributed by atoms with Gasteiger partial charge in [0.1, 0.15) is 5.82 Å². The highest BCUT2D eigenvalue weighted by Gasteiger charge is 2.06. The summed E-state index contributed by atoms with van der Waals surface area (Å²) in [6.45, 7) is 6.81. The van der Waals surface area contributed by atoms with Crippen LogP contribution in [0.5, 0.6) is 11.5 Å². The number of ether oxygens (including phenoxy) is 1. The number of phenols is 1. The molecule has 0 aliphatic heterocycles. The molecule has 0 saturated heterocycles. The normalized spacial score (nSPS) is 12.3. The first-order valence-electron chi connectivity index (χ1n) is 7.14. The second-order valence-electron chi connectivity index (χ2n) is 5.37. The monoisotopic (exact) mass is 289 g/mol. The van der Waals surface area contributed by atoms with Crippen molar-refractivity contribution in [1.82, 2.24) is 14.9 Å². The van der Waals surface area contributed by atoms with Crippen LogP contribution in [0, 0.1) is 12.8 Å². The van der Waals surface area contributed by atoms with Crippen LogP contribution in [-0.4, -0.2) is 28.3 Å². The van der Waals surface area contributed by atoms with Gasteiger partial charge in [0.2, 0.25) is 0 Å². The standard InChI is InChI=1S/C16H23N3O2/c1-12(11-19-7-6-18-13(19)2)9-17-10-14-4-5-16(21-3)15(20)8-14/h4-8,12,17,20H,9-11H2,1-3H3. The molecule has 1 atom stereocenters. The fraction of sp³-hybridized carbons (Fsp3) is 0.438. The Kier molecular flexibility index (Phi) is 5.22. The number of rotatable bonds is 7. The van der Waals surface area contributed by atoms with Crippen molar-refractivity contribution in [2.45, 2.75) is 26.9 Å². The third-order valence-corrected chi connectivity index (χ3v) is 3.50. The van der Waals surface area contributed by atoms with Gasteiger partial charge in [-0.3, -0.25) is 0 Å². The van der Waals surface area contributed by atoms with Crippen LogP contribution >= 0.6 is 0 Å². The smallest absolute Gasteiger partial charge is 0.160 e. The van der Waals surface area contributed by atoms with Crippen molar-refractivity contribution < 1.29 is 9.84 Å². The fourth-order valence-corrected chi connectivity index (χ4v) is 2.31. The highest BCUT2D eigenvalue weighted by Crippen LogP contribution is 2.26. The number of methoxy groups -OCH3 is 1. The Morgan fingerprint density at radius 2 is 2.24 bits per heavy atom. The molecule has 0 fully saturated rings. The van der Waals surface area contributed by atoms with Crippen molar-refractivity contribution in [3.8, 4) is 11.5 Å². The van der Waals surface area contributed by atoms with Crippen LogP contribution in [0.15, 0.2) is 30.6 Å². The molecule has 2 rings (SSSR count). The molecule has 1 aromatic heterocycles. The summed E-state index contributed by atoms with van der Waals surface area (Å²) in [6.07, 6.45) is 3.84. The molecule has 0 bridgehead atoms. The average molecular weight is 289 g/mol. The molecular weight excluding hydrogens is 266 g/mol. The zero-order valence-corrected chi connectivity index (χ0v) is 12.8. The molecule has 0 aliphatic rings. The second-order valence-corrected chi connectivity index (χ2v) is 5.37. The molecule has 0 spiro atoms. The summed E-state index contributed by atoms with van der Waals surface area (Å²) >= 11 is 0.